The average Bonchev–Trinajstić information content (AvgIpc) is 3.63. The molecule has 2 N–H and O–H groups in total. The first-order valence-corrected chi connectivity index (χ1v) is 9.74. The smallest absolute Gasteiger partial charge is 0.313 e. The molecule has 0 bridgehead atoms. The molecule has 1 heterocycles. The minimum absolute atomic E-state index is 0.126. The summed E-state index contributed by atoms with van der Waals surface area (Å²) in [5, 5.41) is 5.57. The van der Waals surface area contributed by atoms with Crippen molar-refractivity contribution in [2.24, 2.45) is 5.92 Å². The molecule has 2 aliphatic rings. The van der Waals surface area contributed by atoms with Gasteiger partial charge in [-0.05, 0) is 55.4 Å². The number of oxazole rings is 1. The number of rotatable bonds is 5. The number of nitrogens with one attached hydrogen (secondary N) is 2. The summed E-state index contributed by atoms with van der Waals surface area (Å²) >= 11 is 0. The molecule has 0 radical (unpaired) electrons. The Morgan fingerprint density at radius 2 is 1.79 bits per heavy atom. The molecule has 2 amide bonds. The van der Waals surface area contributed by atoms with Gasteiger partial charge in [-0.2, -0.15) is 0 Å². The van der Waals surface area contributed by atoms with Crippen molar-refractivity contribution in [2.45, 2.75) is 37.6 Å². The molecule has 0 saturated heterocycles. The minimum Gasteiger partial charge on any atom is -0.440 e. The van der Waals surface area contributed by atoms with E-state index in [0.717, 1.165) is 37.1 Å². The van der Waals surface area contributed by atoms with E-state index in [2.05, 4.69) is 15.6 Å². The van der Waals surface area contributed by atoms with Gasteiger partial charge >= 0.3 is 11.8 Å². The molecule has 1 atom stereocenters. The second-order valence-corrected chi connectivity index (χ2v) is 7.66. The number of amides is 2. The number of benzene rings is 2. The maximum atomic E-state index is 12.5. The lowest BCUT2D eigenvalue weighted by Crippen LogP contribution is -2.38. The Bertz CT molecular complexity index is 1040. The number of hydrogen-bond acceptors (Lipinski definition) is 4. The quantitative estimate of drug-likeness (QED) is 0.662. The van der Waals surface area contributed by atoms with Crippen molar-refractivity contribution >= 4 is 28.6 Å². The van der Waals surface area contributed by atoms with Gasteiger partial charge in [0.1, 0.15) is 5.52 Å². The van der Waals surface area contributed by atoms with Crippen molar-refractivity contribution in [2.75, 3.05) is 5.32 Å². The molecular weight excluding hydrogens is 354 g/mol. The average molecular weight is 375 g/mol. The van der Waals surface area contributed by atoms with Crippen molar-refractivity contribution in [3.8, 4) is 0 Å². The van der Waals surface area contributed by atoms with E-state index < -0.39 is 11.8 Å². The minimum atomic E-state index is -0.674. The predicted molar refractivity (Wildman–Crippen MR) is 105 cm³/mol. The third-order valence-corrected chi connectivity index (χ3v) is 5.33. The molecule has 0 aliphatic heterocycles. The lowest BCUT2D eigenvalue weighted by molar-refractivity contribution is -0.136. The summed E-state index contributed by atoms with van der Waals surface area (Å²) < 4.78 is 5.73. The van der Waals surface area contributed by atoms with Crippen LogP contribution in [0.15, 0.2) is 52.9 Å². The number of carbonyl (C=O) groups excluding carboxylic acids is 2. The van der Waals surface area contributed by atoms with Gasteiger partial charge in [-0.3, -0.25) is 9.59 Å². The summed E-state index contributed by atoms with van der Waals surface area (Å²) in [5.41, 5.74) is 2.95. The summed E-state index contributed by atoms with van der Waals surface area (Å²) in [6.45, 7) is 0. The van der Waals surface area contributed by atoms with Gasteiger partial charge in [0.2, 0.25) is 0 Å². The molecule has 1 aromatic heterocycles. The van der Waals surface area contributed by atoms with Crippen molar-refractivity contribution in [1.29, 1.82) is 0 Å². The Kier molecular flexibility index (Phi) is 4.11. The highest BCUT2D eigenvalue weighted by molar-refractivity contribution is 6.39. The second-order valence-electron chi connectivity index (χ2n) is 7.66. The van der Waals surface area contributed by atoms with Crippen LogP contribution in [-0.4, -0.2) is 16.8 Å². The van der Waals surface area contributed by atoms with Crippen LogP contribution in [0.2, 0.25) is 0 Å². The summed E-state index contributed by atoms with van der Waals surface area (Å²) in [5.74, 6) is 0.276. The first-order chi connectivity index (χ1) is 13.7. The molecule has 5 rings (SSSR count). The molecule has 0 unspecified atom stereocenters. The van der Waals surface area contributed by atoms with Gasteiger partial charge in [-0.25, -0.2) is 4.98 Å². The summed E-state index contributed by atoms with van der Waals surface area (Å²) in [7, 11) is 0. The van der Waals surface area contributed by atoms with E-state index >= 15 is 0 Å². The summed E-state index contributed by atoms with van der Waals surface area (Å²) in [6, 6.07) is 14.9. The molecule has 6 nitrogen and oxygen atoms in total. The van der Waals surface area contributed by atoms with Gasteiger partial charge in [0, 0.05) is 11.6 Å². The molecule has 142 valence electrons. The number of hydrogen-bond donors (Lipinski definition) is 2. The Labute approximate surface area is 162 Å². The van der Waals surface area contributed by atoms with E-state index in [-0.39, 0.29) is 6.04 Å². The van der Waals surface area contributed by atoms with Crippen molar-refractivity contribution in [3.05, 3.63) is 60.0 Å². The molecular formula is C22H21N3O3. The fourth-order valence-electron chi connectivity index (χ4n) is 3.49. The Hall–Kier alpha value is -3.15. The zero-order valence-electron chi connectivity index (χ0n) is 15.4. The Morgan fingerprint density at radius 1 is 1.00 bits per heavy atom. The third-order valence-electron chi connectivity index (χ3n) is 5.33. The molecule has 0 spiro atoms. The fourth-order valence-corrected chi connectivity index (χ4v) is 3.49. The van der Waals surface area contributed by atoms with Crippen LogP contribution < -0.4 is 10.6 Å². The lowest BCUT2D eigenvalue weighted by atomic mass is 10.0. The van der Waals surface area contributed by atoms with Crippen LogP contribution in [0.1, 0.15) is 49.1 Å². The van der Waals surface area contributed by atoms with E-state index in [1.54, 1.807) is 18.2 Å². The van der Waals surface area contributed by atoms with Crippen molar-refractivity contribution < 1.29 is 14.0 Å². The topological polar surface area (TPSA) is 84.2 Å². The number of fused-ring (bicyclic) bond motifs is 1. The largest absolute Gasteiger partial charge is 0.440 e. The van der Waals surface area contributed by atoms with E-state index in [4.69, 9.17) is 4.42 Å². The summed E-state index contributed by atoms with van der Waals surface area (Å²) in [4.78, 5) is 29.4. The highest BCUT2D eigenvalue weighted by Crippen LogP contribution is 2.41. The molecule has 2 aliphatic carbocycles. The normalized spacial score (nSPS) is 17.3. The van der Waals surface area contributed by atoms with Crippen LogP contribution in [0, 0.1) is 5.92 Å². The van der Waals surface area contributed by atoms with Gasteiger partial charge in [0.25, 0.3) is 0 Å². The van der Waals surface area contributed by atoms with E-state index in [1.165, 1.54) is 0 Å². The standard InChI is InChI=1S/C22H21N3O3/c26-20(21(27)25-19(14-6-7-14)13-4-2-1-3-5-13)23-16-10-11-18-17(12-16)24-22(28-18)15-8-9-15/h1-5,10-12,14-15,19H,6-9H2,(H,23,26)(H,25,27)/t19-/m0/s1. The zero-order chi connectivity index (χ0) is 19.1. The SMILES string of the molecule is O=C(Nc1ccc2oc(C3CC3)nc2c1)C(=O)N[C@@H](c1ccccc1)C1CC1. The van der Waals surface area contributed by atoms with Crippen LogP contribution in [0.3, 0.4) is 0 Å². The predicted octanol–water partition coefficient (Wildman–Crippen LogP) is 3.91. The number of nitrogens with zero attached hydrogens (tertiary/aromatic N) is 1. The molecule has 2 saturated carbocycles. The number of anilines is 1. The number of aromatic nitrogens is 1. The van der Waals surface area contributed by atoms with Crippen molar-refractivity contribution in [3.63, 3.8) is 0 Å². The van der Waals surface area contributed by atoms with Gasteiger partial charge in [-0.1, -0.05) is 30.3 Å². The van der Waals surface area contributed by atoms with E-state index in [9.17, 15) is 9.59 Å². The monoisotopic (exact) mass is 375 g/mol. The van der Waals surface area contributed by atoms with Crippen LogP contribution in [0.5, 0.6) is 0 Å². The van der Waals surface area contributed by atoms with Crippen LogP contribution in [-0.2, 0) is 9.59 Å². The highest BCUT2D eigenvalue weighted by Gasteiger charge is 2.34. The Morgan fingerprint density at radius 3 is 2.50 bits per heavy atom. The maximum Gasteiger partial charge on any atom is 0.313 e. The first-order valence-electron chi connectivity index (χ1n) is 9.74. The zero-order valence-corrected chi connectivity index (χ0v) is 15.4. The first kappa shape index (κ1) is 17.0. The van der Waals surface area contributed by atoms with Gasteiger partial charge in [0.15, 0.2) is 11.5 Å². The molecule has 6 heteroatoms. The van der Waals surface area contributed by atoms with Crippen LogP contribution in [0.4, 0.5) is 5.69 Å². The van der Waals surface area contributed by atoms with Gasteiger partial charge in [0.05, 0.1) is 6.04 Å². The number of carbonyl (C=O) groups is 2. The van der Waals surface area contributed by atoms with Gasteiger partial charge in [-0.15, -0.1) is 0 Å². The van der Waals surface area contributed by atoms with Crippen molar-refractivity contribution in [1.82, 2.24) is 10.3 Å². The highest BCUT2D eigenvalue weighted by atomic mass is 16.3. The van der Waals surface area contributed by atoms with E-state index in [1.807, 2.05) is 30.3 Å². The molecule has 3 aromatic rings. The van der Waals surface area contributed by atoms with Crippen LogP contribution in [0.25, 0.3) is 11.1 Å². The molecule has 2 fully saturated rings. The van der Waals surface area contributed by atoms with E-state index in [0.29, 0.717) is 28.6 Å². The molecule has 2 aromatic carbocycles. The Balaban J connectivity index is 1.28. The third kappa shape index (κ3) is 3.50. The maximum absolute atomic E-state index is 12.5. The molecule has 28 heavy (non-hydrogen) atoms. The summed E-state index contributed by atoms with van der Waals surface area (Å²) in [6.07, 6.45) is 4.35. The van der Waals surface area contributed by atoms with Crippen LogP contribution >= 0.6 is 0 Å². The lowest BCUT2D eigenvalue weighted by Gasteiger charge is -2.18. The second kappa shape index (κ2) is 6.78. The fraction of sp³-hybridized carbons (Fsp3) is 0.318. The van der Waals surface area contributed by atoms with Gasteiger partial charge < -0.3 is 15.1 Å².